The van der Waals surface area contributed by atoms with Gasteiger partial charge in [-0.15, -0.1) is 6.58 Å². The zero-order valence-electron chi connectivity index (χ0n) is 14.9. The van der Waals surface area contributed by atoms with Crippen molar-refractivity contribution in [2.75, 3.05) is 19.3 Å². The molecule has 3 aliphatic heterocycles. The monoisotopic (exact) mass is 372 g/mol. The van der Waals surface area contributed by atoms with Crippen LogP contribution in [0.25, 0.3) is 10.9 Å². The Kier molecular flexibility index (Phi) is 4.59. The van der Waals surface area contributed by atoms with Crippen molar-refractivity contribution in [3.8, 4) is 0 Å². The van der Waals surface area contributed by atoms with Gasteiger partial charge in [0.15, 0.2) is 0 Å². The molecular weight excluding hydrogens is 348 g/mol. The minimum absolute atomic E-state index is 0.0467. The highest BCUT2D eigenvalue weighted by Gasteiger charge is 2.44. The summed E-state index contributed by atoms with van der Waals surface area (Å²) in [7, 11) is -3.59. The van der Waals surface area contributed by atoms with E-state index < -0.39 is 16.2 Å². The Morgan fingerprint density at radius 3 is 2.85 bits per heavy atom. The fourth-order valence-electron chi connectivity index (χ4n) is 4.57. The molecule has 138 valence electrons. The standard InChI is InChI=1S/C20H24N2O3S/c1-3-14-13-22-11-9-15(14)12-19(22)20(25-26(2,23)24)17-8-10-21-18-7-5-4-6-16(17)18/h3-8,10,14-15,19-20H,1,9,11-13H2,2H3/t14-,15-,19+,20-/m0/s1. The summed E-state index contributed by atoms with van der Waals surface area (Å²) in [6.45, 7) is 5.87. The van der Waals surface area contributed by atoms with Crippen LogP contribution in [0.2, 0.25) is 0 Å². The molecule has 1 aromatic carbocycles. The molecule has 0 aliphatic carbocycles. The third-order valence-corrected chi connectivity index (χ3v) is 6.33. The Morgan fingerprint density at radius 1 is 1.35 bits per heavy atom. The molecule has 5 rings (SSSR count). The summed E-state index contributed by atoms with van der Waals surface area (Å²) in [5.41, 5.74) is 1.75. The van der Waals surface area contributed by atoms with Gasteiger partial charge in [-0.1, -0.05) is 24.3 Å². The molecule has 2 bridgehead atoms. The maximum absolute atomic E-state index is 12.0. The Bertz CT molecular complexity index is 922. The second kappa shape index (κ2) is 6.76. The molecule has 0 saturated carbocycles. The highest BCUT2D eigenvalue weighted by atomic mass is 32.2. The first-order valence-electron chi connectivity index (χ1n) is 9.05. The van der Waals surface area contributed by atoms with Crippen molar-refractivity contribution < 1.29 is 12.6 Å². The fourth-order valence-corrected chi connectivity index (χ4v) is 5.18. The Labute approximate surface area is 154 Å². The van der Waals surface area contributed by atoms with Gasteiger partial charge in [0.1, 0.15) is 6.10 Å². The van der Waals surface area contributed by atoms with E-state index in [1.165, 1.54) is 0 Å². The van der Waals surface area contributed by atoms with Gasteiger partial charge in [0.05, 0.1) is 11.8 Å². The van der Waals surface area contributed by atoms with Crippen molar-refractivity contribution in [3.63, 3.8) is 0 Å². The van der Waals surface area contributed by atoms with E-state index in [1.807, 2.05) is 36.4 Å². The van der Waals surface area contributed by atoms with Gasteiger partial charge in [-0.2, -0.15) is 8.42 Å². The smallest absolute Gasteiger partial charge is 0.265 e. The molecule has 0 amide bonds. The summed E-state index contributed by atoms with van der Waals surface area (Å²) in [5.74, 6) is 1.02. The van der Waals surface area contributed by atoms with Crippen molar-refractivity contribution in [2.24, 2.45) is 11.8 Å². The molecule has 0 spiro atoms. The molecule has 5 nitrogen and oxygen atoms in total. The Morgan fingerprint density at radius 2 is 2.15 bits per heavy atom. The lowest BCUT2D eigenvalue weighted by Crippen LogP contribution is -2.55. The molecular formula is C20H24N2O3S. The van der Waals surface area contributed by atoms with Crippen LogP contribution in [-0.2, 0) is 14.3 Å². The predicted octanol–water partition coefficient (Wildman–Crippen LogP) is 3.15. The SMILES string of the molecule is C=C[C@H]1CN2CC[C@H]1C[C@@H]2[C@@H](OS(C)(=O)=O)c1ccnc2ccccc12. The van der Waals surface area contributed by atoms with Gasteiger partial charge in [-0.3, -0.25) is 14.1 Å². The molecule has 5 atom stereocenters. The number of benzene rings is 1. The van der Waals surface area contributed by atoms with E-state index in [2.05, 4.69) is 16.5 Å². The lowest BCUT2D eigenvalue weighted by Gasteiger charge is -2.51. The van der Waals surface area contributed by atoms with Crippen LogP contribution in [0, 0.1) is 11.8 Å². The second-order valence-corrected chi connectivity index (χ2v) is 8.99. The largest absolute Gasteiger partial charge is 0.297 e. The number of fused-ring (bicyclic) bond motifs is 4. The molecule has 2 aromatic rings. The van der Waals surface area contributed by atoms with Gasteiger partial charge in [0.2, 0.25) is 0 Å². The summed E-state index contributed by atoms with van der Waals surface area (Å²) in [6.07, 6.45) is 6.45. The van der Waals surface area contributed by atoms with Gasteiger partial charge in [-0.25, -0.2) is 0 Å². The lowest BCUT2D eigenvalue weighted by molar-refractivity contribution is -0.0336. The number of piperidine rings is 3. The van der Waals surface area contributed by atoms with Crippen molar-refractivity contribution in [3.05, 3.63) is 54.7 Å². The van der Waals surface area contributed by atoms with E-state index >= 15 is 0 Å². The molecule has 1 aromatic heterocycles. The lowest BCUT2D eigenvalue weighted by atomic mass is 9.73. The number of hydrogen-bond donors (Lipinski definition) is 0. The predicted molar refractivity (Wildman–Crippen MR) is 102 cm³/mol. The van der Waals surface area contributed by atoms with E-state index in [9.17, 15) is 8.42 Å². The van der Waals surface area contributed by atoms with Crippen LogP contribution in [0.4, 0.5) is 0 Å². The first-order chi connectivity index (χ1) is 12.5. The second-order valence-electron chi connectivity index (χ2n) is 7.38. The van der Waals surface area contributed by atoms with Crippen molar-refractivity contribution >= 4 is 21.0 Å². The van der Waals surface area contributed by atoms with Crippen LogP contribution in [-0.4, -0.2) is 43.7 Å². The first-order valence-corrected chi connectivity index (χ1v) is 10.9. The number of rotatable bonds is 5. The number of hydrogen-bond acceptors (Lipinski definition) is 5. The molecule has 3 fully saturated rings. The van der Waals surface area contributed by atoms with Gasteiger partial charge >= 0.3 is 0 Å². The van der Waals surface area contributed by atoms with Gasteiger partial charge in [0.25, 0.3) is 10.1 Å². The summed E-state index contributed by atoms with van der Waals surface area (Å²) in [4.78, 5) is 6.78. The maximum Gasteiger partial charge on any atom is 0.265 e. The van der Waals surface area contributed by atoms with E-state index in [0.29, 0.717) is 11.8 Å². The van der Waals surface area contributed by atoms with Crippen LogP contribution in [0.3, 0.4) is 0 Å². The number of para-hydroxylation sites is 1. The zero-order valence-corrected chi connectivity index (χ0v) is 15.7. The van der Waals surface area contributed by atoms with Crippen LogP contribution >= 0.6 is 0 Å². The summed E-state index contributed by atoms with van der Waals surface area (Å²) in [6, 6.07) is 9.76. The molecule has 1 unspecified atom stereocenters. The molecule has 26 heavy (non-hydrogen) atoms. The normalized spacial score (nSPS) is 29.6. The molecule has 0 radical (unpaired) electrons. The number of aromatic nitrogens is 1. The topological polar surface area (TPSA) is 59.5 Å². The number of pyridine rings is 1. The average Bonchev–Trinajstić information content (AvgIpc) is 2.65. The quantitative estimate of drug-likeness (QED) is 0.596. The van der Waals surface area contributed by atoms with Crippen molar-refractivity contribution in [2.45, 2.75) is 25.0 Å². The summed E-state index contributed by atoms with van der Waals surface area (Å²) >= 11 is 0. The van der Waals surface area contributed by atoms with E-state index in [-0.39, 0.29) is 6.04 Å². The molecule has 4 heterocycles. The van der Waals surface area contributed by atoms with E-state index in [4.69, 9.17) is 4.18 Å². The Hall–Kier alpha value is -1.76. The number of nitrogens with zero attached hydrogens (tertiary/aromatic N) is 2. The highest BCUT2D eigenvalue weighted by molar-refractivity contribution is 7.86. The molecule has 3 saturated heterocycles. The molecule has 6 heteroatoms. The Balaban J connectivity index is 1.77. The van der Waals surface area contributed by atoms with Crippen LogP contribution < -0.4 is 0 Å². The first kappa shape index (κ1) is 17.6. The third kappa shape index (κ3) is 3.29. The highest BCUT2D eigenvalue weighted by Crippen LogP contribution is 2.43. The molecule has 3 aliphatic rings. The van der Waals surface area contributed by atoms with Gasteiger partial charge in [-0.05, 0) is 48.9 Å². The van der Waals surface area contributed by atoms with E-state index in [1.54, 1.807) is 6.20 Å². The third-order valence-electron chi connectivity index (χ3n) is 5.77. The summed E-state index contributed by atoms with van der Waals surface area (Å²) in [5, 5.41) is 0.951. The molecule has 0 N–H and O–H groups in total. The minimum Gasteiger partial charge on any atom is -0.297 e. The van der Waals surface area contributed by atoms with Crippen molar-refractivity contribution in [1.82, 2.24) is 9.88 Å². The fraction of sp³-hybridized carbons (Fsp3) is 0.450. The maximum atomic E-state index is 12.0. The van der Waals surface area contributed by atoms with Gasteiger partial charge in [0, 0.05) is 24.2 Å². The van der Waals surface area contributed by atoms with Crippen LogP contribution in [0.5, 0.6) is 0 Å². The minimum atomic E-state index is -3.59. The van der Waals surface area contributed by atoms with Crippen LogP contribution in [0.1, 0.15) is 24.5 Å². The summed E-state index contributed by atoms with van der Waals surface area (Å²) < 4.78 is 29.8. The van der Waals surface area contributed by atoms with Crippen LogP contribution in [0.15, 0.2) is 49.2 Å². The zero-order chi connectivity index (χ0) is 18.3. The van der Waals surface area contributed by atoms with Gasteiger partial charge < -0.3 is 0 Å². The average molecular weight is 372 g/mol. The van der Waals surface area contributed by atoms with Crippen molar-refractivity contribution in [1.29, 1.82) is 0 Å². The van der Waals surface area contributed by atoms with E-state index in [0.717, 1.165) is 48.7 Å².